The van der Waals surface area contributed by atoms with E-state index in [1.54, 1.807) is 0 Å². The maximum Gasteiger partial charge on any atom is 0.00218 e. The Morgan fingerprint density at radius 1 is 1.12 bits per heavy atom. The third-order valence-electron chi connectivity index (χ3n) is 3.67. The number of piperidine rings is 1. The van der Waals surface area contributed by atoms with Crippen molar-refractivity contribution in [2.24, 2.45) is 5.92 Å². The molecule has 2 rings (SSSR count). The first-order chi connectivity index (χ1) is 7.88. The van der Waals surface area contributed by atoms with Crippen LogP contribution in [0.4, 0.5) is 0 Å². The molecule has 0 spiro atoms. The highest BCUT2D eigenvalue weighted by molar-refractivity contribution is 5.14. The Balaban J connectivity index is 1.72. The van der Waals surface area contributed by atoms with Gasteiger partial charge in [-0.2, -0.15) is 0 Å². The topological polar surface area (TPSA) is 3.24 Å². The van der Waals surface area contributed by atoms with Crippen molar-refractivity contribution < 1.29 is 0 Å². The standard InChI is InChI=1S/C15H22N/c1-2-14-8-11-16(12-9-14)13-10-15-6-4-3-5-7-15/h3-7,14H,1-2,8-13H2. The fourth-order valence-corrected chi connectivity index (χ4v) is 2.43. The van der Waals surface area contributed by atoms with Crippen LogP contribution < -0.4 is 0 Å². The maximum atomic E-state index is 4.01. The van der Waals surface area contributed by atoms with Gasteiger partial charge in [-0.15, -0.1) is 0 Å². The van der Waals surface area contributed by atoms with Crippen molar-refractivity contribution >= 4 is 0 Å². The average Bonchev–Trinajstić information content (AvgIpc) is 2.38. The van der Waals surface area contributed by atoms with E-state index in [9.17, 15) is 0 Å². The summed E-state index contributed by atoms with van der Waals surface area (Å²) in [5.41, 5.74) is 1.46. The van der Waals surface area contributed by atoms with E-state index in [1.165, 1.54) is 44.5 Å². The van der Waals surface area contributed by atoms with E-state index < -0.39 is 0 Å². The van der Waals surface area contributed by atoms with Gasteiger partial charge in [0, 0.05) is 6.54 Å². The highest BCUT2D eigenvalue weighted by Crippen LogP contribution is 2.19. The summed E-state index contributed by atoms with van der Waals surface area (Å²) in [5, 5.41) is 0. The molecule has 1 radical (unpaired) electrons. The predicted octanol–water partition coefficient (Wildman–Crippen LogP) is 3.17. The van der Waals surface area contributed by atoms with Gasteiger partial charge in [-0.25, -0.2) is 0 Å². The fraction of sp³-hybridized carbons (Fsp3) is 0.533. The summed E-state index contributed by atoms with van der Waals surface area (Å²) in [7, 11) is 0. The first kappa shape index (κ1) is 11.7. The second-order valence-electron chi connectivity index (χ2n) is 4.81. The van der Waals surface area contributed by atoms with Crippen LogP contribution in [-0.4, -0.2) is 24.5 Å². The highest BCUT2D eigenvalue weighted by Gasteiger charge is 2.16. The molecule has 0 bridgehead atoms. The summed E-state index contributed by atoms with van der Waals surface area (Å²) in [6.45, 7) is 7.77. The molecule has 1 heterocycles. The van der Waals surface area contributed by atoms with Crippen LogP contribution in [0.3, 0.4) is 0 Å². The lowest BCUT2D eigenvalue weighted by Gasteiger charge is -2.31. The van der Waals surface area contributed by atoms with Crippen LogP contribution in [0.1, 0.15) is 24.8 Å². The summed E-state index contributed by atoms with van der Waals surface area (Å²) in [5.74, 6) is 0.882. The minimum absolute atomic E-state index is 0.882. The summed E-state index contributed by atoms with van der Waals surface area (Å²) < 4.78 is 0. The Labute approximate surface area is 99.5 Å². The number of likely N-dealkylation sites (tertiary alicyclic amines) is 1. The van der Waals surface area contributed by atoms with E-state index in [1.807, 2.05) is 0 Å². The van der Waals surface area contributed by atoms with Gasteiger partial charge in [0.05, 0.1) is 0 Å². The van der Waals surface area contributed by atoms with Gasteiger partial charge < -0.3 is 4.90 Å². The number of hydrogen-bond acceptors (Lipinski definition) is 1. The predicted molar refractivity (Wildman–Crippen MR) is 69.3 cm³/mol. The molecule has 0 amide bonds. The molecule has 1 fully saturated rings. The molecule has 0 saturated carbocycles. The number of benzene rings is 1. The van der Waals surface area contributed by atoms with Crippen LogP contribution in [0, 0.1) is 12.8 Å². The monoisotopic (exact) mass is 216 g/mol. The zero-order valence-electron chi connectivity index (χ0n) is 10.1. The molecule has 0 aliphatic carbocycles. The first-order valence-electron chi connectivity index (χ1n) is 6.44. The minimum atomic E-state index is 0.882. The van der Waals surface area contributed by atoms with Crippen LogP contribution in [0.15, 0.2) is 30.3 Å². The van der Waals surface area contributed by atoms with Crippen molar-refractivity contribution in [2.45, 2.75) is 25.7 Å². The Hall–Kier alpha value is -0.820. The molecular weight excluding hydrogens is 194 g/mol. The van der Waals surface area contributed by atoms with Gasteiger partial charge in [-0.05, 0) is 43.8 Å². The van der Waals surface area contributed by atoms with Crippen molar-refractivity contribution in [1.29, 1.82) is 0 Å². The van der Waals surface area contributed by atoms with Crippen molar-refractivity contribution in [3.05, 3.63) is 42.8 Å². The smallest absolute Gasteiger partial charge is 0.00218 e. The molecule has 1 aliphatic rings. The van der Waals surface area contributed by atoms with Gasteiger partial charge in [0.15, 0.2) is 0 Å². The van der Waals surface area contributed by atoms with Crippen molar-refractivity contribution in [2.75, 3.05) is 19.6 Å². The molecule has 1 aromatic carbocycles. The minimum Gasteiger partial charge on any atom is -0.303 e. The summed E-state index contributed by atoms with van der Waals surface area (Å²) >= 11 is 0. The van der Waals surface area contributed by atoms with E-state index in [4.69, 9.17) is 0 Å². The molecule has 1 aliphatic heterocycles. The van der Waals surface area contributed by atoms with Gasteiger partial charge in [0.2, 0.25) is 0 Å². The third kappa shape index (κ3) is 3.34. The van der Waals surface area contributed by atoms with Crippen molar-refractivity contribution in [3.63, 3.8) is 0 Å². The highest BCUT2D eigenvalue weighted by atomic mass is 15.1. The molecule has 1 heteroatoms. The lowest BCUT2D eigenvalue weighted by molar-refractivity contribution is 0.187. The summed E-state index contributed by atoms with van der Waals surface area (Å²) in [6.07, 6.45) is 5.00. The molecule has 1 saturated heterocycles. The molecule has 0 atom stereocenters. The van der Waals surface area contributed by atoms with Gasteiger partial charge in [-0.3, -0.25) is 0 Å². The first-order valence-corrected chi connectivity index (χ1v) is 6.44. The van der Waals surface area contributed by atoms with Crippen LogP contribution in [0.5, 0.6) is 0 Å². The van der Waals surface area contributed by atoms with Gasteiger partial charge in [-0.1, -0.05) is 43.7 Å². The molecule has 0 unspecified atom stereocenters. The van der Waals surface area contributed by atoms with Gasteiger partial charge >= 0.3 is 0 Å². The van der Waals surface area contributed by atoms with E-state index >= 15 is 0 Å². The van der Waals surface area contributed by atoms with E-state index in [0.29, 0.717) is 0 Å². The maximum absolute atomic E-state index is 4.01. The Morgan fingerprint density at radius 2 is 1.81 bits per heavy atom. The van der Waals surface area contributed by atoms with Crippen LogP contribution in [0.2, 0.25) is 0 Å². The molecule has 0 aromatic heterocycles. The molecule has 87 valence electrons. The van der Waals surface area contributed by atoms with Crippen molar-refractivity contribution in [3.8, 4) is 0 Å². The zero-order chi connectivity index (χ0) is 11.2. The fourth-order valence-electron chi connectivity index (χ4n) is 2.43. The average molecular weight is 216 g/mol. The van der Waals surface area contributed by atoms with Gasteiger partial charge in [0.1, 0.15) is 0 Å². The number of rotatable bonds is 4. The third-order valence-corrected chi connectivity index (χ3v) is 3.67. The quantitative estimate of drug-likeness (QED) is 0.747. The van der Waals surface area contributed by atoms with Gasteiger partial charge in [0.25, 0.3) is 0 Å². The van der Waals surface area contributed by atoms with Crippen LogP contribution in [0.25, 0.3) is 0 Å². The molecule has 1 aromatic rings. The van der Waals surface area contributed by atoms with E-state index in [0.717, 1.165) is 12.3 Å². The molecule has 0 N–H and O–H groups in total. The summed E-state index contributed by atoms with van der Waals surface area (Å²) in [4.78, 5) is 2.60. The number of nitrogens with zero attached hydrogens (tertiary/aromatic N) is 1. The Morgan fingerprint density at radius 3 is 2.44 bits per heavy atom. The van der Waals surface area contributed by atoms with E-state index in [2.05, 4.69) is 42.2 Å². The zero-order valence-corrected chi connectivity index (χ0v) is 10.1. The molecular formula is C15H22N. The van der Waals surface area contributed by atoms with Crippen LogP contribution in [-0.2, 0) is 6.42 Å². The second-order valence-corrected chi connectivity index (χ2v) is 4.81. The second kappa shape index (κ2) is 6.05. The number of hydrogen-bond donors (Lipinski definition) is 0. The lowest BCUT2D eigenvalue weighted by atomic mass is 9.94. The Kier molecular flexibility index (Phi) is 4.41. The van der Waals surface area contributed by atoms with E-state index in [-0.39, 0.29) is 0 Å². The molecule has 1 nitrogen and oxygen atoms in total. The van der Waals surface area contributed by atoms with Crippen molar-refractivity contribution in [1.82, 2.24) is 4.90 Å². The normalized spacial score (nSPS) is 18.8. The Bertz CT molecular complexity index is 286. The SMILES string of the molecule is [CH2]CC1CCN(CCc2ccccc2)CC1. The largest absolute Gasteiger partial charge is 0.303 e. The lowest BCUT2D eigenvalue weighted by Crippen LogP contribution is -2.34. The van der Waals surface area contributed by atoms with Crippen LogP contribution >= 0.6 is 0 Å². The summed E-state index contributed by atoms with van der Waals surface area (Å²) in [6, 6.07) is 10.8. The molecule has 16 heavy (non-hydrogen) atoms.